The molecule has 28 heavy (non-hydrogen) atoms. The summed E-state index contributed by atoms with van der Waals surface area (Å²) in [5.41, 5.74) is 3.73. The maximum absolute atomic E-state index is 12.7. The van der Waals surface area contributed by atoms with Crippen LogP contribution < -0.4 is 10.6 Å². The predicted octanol–water partition coefficient (Wildman–Crippen LogP) is 3.71. The van der Waals surface area contributed by atoms with Gasteiger partial charge in [0.25, 0.3) is 5.91 Å². The second-order valence-corrected chi connectivity index (χ2v) is 8.63. The van der Waals surface area contributed by atoms with Crippen molar-refractivity contribution in [3.8, 4) is 0 Å². The first-order valence-electron chi connectivity index (χ1n) is 9.54. The second-order valence-electron chi connectivity index (χ2n) is 7.24. The van der Waals surface area contributed by atoms with E-state index in [1.165, 1.54) is 22.9 Å². The zero-order valence-electron chi connectivity index (χ0n) is 16.8. The number of benzene rings is 2. The van der Waals surface area contributed by atoms with Gasteiger partial charge in [-0.05, 0) is 56.8 Å². The van der Waals surface area contributed by atoms with Crippen molar-refractivity contribution in [1.82, 2.24) is 10.2 Å². The van der Waals surface area contributed by atoms with E-state index >= 15 is 0 Å². The number of hydrogen-bond acceptors (Lipinski definition) is 4. The monoisotopic (exact) mass is 397 g/mol. The molecule has 1 aliphatic heterocycles. The maximum Gasteiger partial charge on any atom is 0.251 e. The van der Waals surface area contributed by atoms with Gasteiger partial charge in [0.2, 0.25) is 5.91 Å². The molecule has 0 fully saturated rings. The Labute approximate surface area is 170 Å². The van der Waals surface area contributed by atoms with Crippen LogP contribution in [0.1, 0.15) is 41.4 Å². The van der Waals surface area contributed by atoms with E-state index in [4.69, 9.17) is 0 Å². The van der Waals surface area contributed by atoms with Crippen LogP contribution in [0.2, 0.25) is 0 Å². The Morgan fingerprint density at radius 3 is 2.57 bits per heavy atom. The molecule has 0 radical (unpaired) electrons. The number of carbonyl (C=O) groups is 2. The van der Waals surface area contributed by atoms with Crippen LogP contribution >= 0.6 is 11.8 Å². The molecule has 1 heterocycles. The van der Waals surface area contributed by atoms with Crippen LogP contribution in [0.3, 0.4) is 0 Å². The maximum atomic E-state index is 12.7. The SMILES string of the molecule is CCc1ccc(C(CNC(=O)c2ccc3c(c2)NC(=O)C(C)S3)N(C)C)cc1. The Balaban J connectivity index is 1.69. The quantitative estimate of drug-likeness (QED) is 0.780. The summed E-state index contributed by atoms with van der Waals surface area (Å²) in [6, 6.07) is 14.1. The summed E-state index contributed by atoms with van der Waals surface area (Å²) in [6.45, 7) is 4.52. The Bertz CT molecular complexity index is 865. The highest BCUT2D eigenvalue weighted by atomic mass is 32.2. The first-order chi connectivity index (χ1) is 13.4. The molecule has 1 aliphatic rings. The number of nitrogens with one attached hydrogen (secondary N) is 2. The molecular formula is C22H27N3O2S. The van der Waals surface area contributed by atoms with Gasteiger partial charge in [-0.2, -0.15) is 0 Å². The zero-order valence-corrected chi connectivity index (χ0v) is 17.6. The number of aryl methyl sites for hydroxylation is 1. The highest BCUT2D eigenvalue weighted by molar-refractivity contribution is 8.00. The van der Waals surface area contributed by atoms with Crippen molar-refractivity contribution in [3.05, 3.63) is 59.2 Å². The van der Waals surface area contributed by atoms with Crippen LogP contribution in [0.15, 0.2) is 47.4 Å². The molecule has 0 saturated carbocycles. The minimum absolute atomic E-state index is 0.0294. The molecule has 6 heteroatoms. The molecule has 3 rings (SSSR count). The lowest BCUT2D eigenvalue weighted by Crippen LogP contribution is -2.34. The summed E-state index contributed by atoms with van der Waals surface area (Å²) < 4.78 is 0. The second kappa shape index (κ2) is 8.80. The average molecular weight is 398 g/mol. The molecule has 0 aromatic heterocycles. The molecule has 2 amide bonds. The van der Waals surface area contributed by atoms with Gasteiger partial charge in [0.05, 0.1) is 17.0 Å². The summed E-state index contributed by atoms with van der Waals surface area (Å²) >= 11 is 1.51. The molecule has 148 valence electrons. The summed E-state index contributed by atoms with van der Waals surface area (Å²) in [5, 5.41) is 5.79. The van der Waals surface area contributed by atoms with Crippen LogP contribution in [0.4, 0.5) is 5.69 Å². The minimum Gasteiger partial charge on any atom is -0.350 e. The fraction of sp³-hybridized carbons (Fsp3) is 0.364. The van der Waals surface area contributed by atoms with Crippen LogP contribution in [-0.2, 0) is 11.2 Å². The minimum atomic E-state index is -0.141. The van der Waals surface area contributed by atoms with E-state index in [0.29, 0.717) is 17.8 Å². The number of rotatable bonds is 6. The largest absolute Gasteiger partial charge is 0.350 e. The van der Waals surface area contributed by atoms with Gasteiger partial charge in [0.15, 0.2) is 0 Å². The van der Waals surface area contributed by atoms with Crippen molar-refractivity contribution in [2.24, 2.45) is 0 Å². The fourth-order valence-electron chi connectivity index (χ4n) is 3.22. The van der Waals surface area contributed by atoms with E-state index in [1.54, 1.807) is 6.07 Å². The van der Waals surface area contributed by atoms with Gasteiger partial charge in [0, 0.05) is 17.0 Å². The third-order valence-electron chi connectivity index (χ3n) is 5.02. The number of fused-ring (bicyclic) bond motifs is 1. The van der Waals surface area contributed by atoms with Crippen molar-refractivity contribution in [3.63, 3.8) is 0 Å². The lowest BCUT2D eigenvalue weighted by molar-refractivity contribution is -0.115. The molecule has 0 saturated heterocycles. The van der Waals surface area contributed by atoms with E-state index in [2.05, 4.69) is 46.7 Å². The molecule has 2 unspecified atom stereocenters. The Morgan fingerprint density at radius 2 is 1.93 bits per heavy atom. The van der Waals surface area contributed by atoms with Gasteiger partial charge >= 0.3 is 0 Å². The number of nitrogens with zero attached hydrogens (tertiary/aromatic N) is 1. The first-order valence-corrected chi connectivity index (χ1v) is 10.4. The molecular weight excluding hydrogens is 370 g/mol. The normalized spacial score (nSPS) is 17.0. The number of likely N-dealkylation sites (N-methyl/N-ethyl adjacent to an activating group) is 1. The van der Waals surface area contributed by atoms with Crippen molar-refractivity contribution in [1.29, 1.82) is 0 Å². The summed E-state index contributed by atoms with van der Waals surface area (Å²) in [4.78, 5) is 27.7. The Kier molecular flexibility index (Phi) is 6.42. The van der Waals surface area contributed by atoms with Gasteiger partial charge in [-0.3, -0.25) is 9.59 Å². The summed E-state index contributed by atoms with van der Waals surface area (Å²) in [6.07, 6.45) is 1.01. The van der Waals surface area contributed by atoms with E-state index in [9.17, 15) is 9.59 Å². The van der Waals surface area contributed by atoms with Gasteiger partial charge < -0.3 is 15.5 Å². The molecule has 2 aromatic carbocycles. The van der Waals surface area contributed by atoms with Crippen LogP contribution in [0, 0.1) is 0 Å². The smallest absolute Gasteiger partial charge is 0.251 e. The summed E-state index contributed by atoms with van der Waals surface area (Å²) in [7, 11) is 4.02. The topological polar surface area (TPSA) is 61.4 Å². The predicted molar refractivity (Wildman–Crippen MR) is 115 cm³/mol. The van der Waals surface area contributed by atoms with Crippen molar-refractivity contribution in [2.75, 3.05) is 26.0 Å². The molecule has 0 spiro atoms. The number of amides is 2. The lowest BCUT2D eigenvalue weighted by Gasteiger charge is -2.25. The number of anilines is 1. The molecule has 5 nitrogen and oxygen atoms in total. The van der Waals surface area contributed by atoms with Gasteiger partial charge in [0.1, 0.15) is 0 Å². The number of hydrogen-bond donors (Lipinski definition) is 2. The number of thioether (sulfide) groups is 1. The highest BCUT2D eigenvalue weighted by Gasteiger charge is 2.24. The van der Waals surface area contributed by atoms with E-state index in [-0.39, 0.29) is 23.1 Å². The molecule has 2 N–H and O–H groups in total. The third-order valence-corrected chi connectivity index (χ3v) is 6.20. The molecule has 0 bridgehead atoms. The molecule has 0 aliphatic carbocycles. The standard InChI is InChI=1S/C22H27N3O2S/c1-5-15-6-8-16(9-7-15)19(25(3)4)13-23-22(27)17-10-11-20-18(12-17)24-21(26)14(2)28-20/h6-12,14,19H,5,13H2,1-4H3,(H,23,27)(H,24,26). The third kappa shape index (κ3) is 4.56. The molecule has 2 aromatic rings. The Morgan fingerprint density at radius 1 is 1.21 bits per heavy atom. The van der Waals surface area contributed by atoms with Gasteiger partial charge in [-0.25, -0.2) is 0 Å². The van der Waals surface area contributed by atoms with E-state index in [0.717, 1.165) is 11.3 Å². The van der Waals surface area contributed by atoms with Gasteiger partial charge in [-0.15, -0.1) is 11.8 Å². The van der Waals surface area contributed by atoms with Crippen molar-refractivity contribution >= 4 is 29.3 Å². The lowest BCUT2D eigenvalue weighted by atomic mass is 10.0. The van der Waals surface area contributed by atoms with Gasteiger partial charge in [-0.1, -0.05) is 31.2 Å². The van der Waals surface area contributed by atoms with Crippen LogP contribution in [0.5, 0.6) is 0 Å². The van der Waals surface area contributed by atoms with E-state index < -0.39 is 0 Å². The van der Waals surface area contributed by atoms with Crippen LogP contribution in [-0.4, -0.2) is 42.6 Å². The highest BCUT2D eigenvalue weighted by Crippen LogP contribution is 2.35. The number of carbonyl (C=O) groups excluding carboxylic acids is 2. The molecule has 2 atom stereocenters. The zero-order chi connectivity index (χ0) is 20.3. The first kappa shape index (κ1) is 20.4. The van der Waals surface area contributed by atoms with Crippen molar-refractivity contribution in [2.45, 2.75) is 36.5 Å². The summed E-state index contributed by atoms with van der Waals surface area (Å²) in [5.74, 6) is -0.170. The average Bonchev–Trinajstić information content (AvgIpc) is 2.68. The fourth-order valence-corrected chi connectivity index (χ4v) is 4.15. The Hall–Kier alpha value is -2.31. The van der Waals surface area contributed by atoms with E-state index in [1.807, 2.05) is 33.2 Å². The van der Waals surface area contributed by atoms with Crippen LogP contribution in [0.25, 0.3) is 0 Å². The van der Waals surface area contributed by atoms with Crippen molar-refractivity contribution < 1.29 is 9.59 Å².